The van der Waals surface area contributed by atoms with Crippen LogP contribution in [0.3, 0.4) is 0 Å². The van der Waals surface area contributed by atoms with E-state index in [1.807, 2.05) is 0 Å². The summed E-state index contributed by atoms with van der Waals surface area (Å²) in [6.45, 7) is 2.09. The van der Waals surface area contributed by atoms with Crippen LogP contribution in [0.25, 0.3) is 22.3 Å². The van der Waals surface area contributed by atoms with Crippen molar-refractivity contribution < 1.29 is 27.0 Å². The van der Waals surface area contributed by atoms with E-state index in [1.54, 1.807) is 32.2 Å². The SMILES string of the molecule is CCOc1nc(C(CS(C)(=O)=O)n2c(=O)n(C)c3cc(-c4cc(F)ccc4OC)cnc32)ccc1OC. The molecule has 0 saturated carbocycles. The van der Waals surface area contributed by atoms with Gasteiger partial charge in [-0.15, -0.1) is 0 Å². The number of aryl methyl sites for hydroxylation is 1. The van der Waals surface area contributed by atoms with Crippen LogP contribution in [-0.4, -0.2) is 60.4 Å². The molecule has 0 amide bonds. The monoisotopic (exact) mass is 530 g/mol. The quantitative estimate of drug-likeness (QED) is 0.325. The maximum Gasteiger partial charge on any atom is 0.330 e. The van der Waals surface area contributed by atoms with E-state index in [0.29, 0.717) is 40.4 Å². The number of hydrogen-bond donors (Lipinski definition) is 0. The average Bonchev–Trinajstić information content (AvgIpc) is 3.11. The summed E-state index contributed by atoms with van der Waals surface area (Å²) in [6, 6.07) is 8.00. The van der Waals surface area contributed by atoms with Crippen LogP contribution in [0.5, 0.6) is 17.4 Å². The van der Waals surface area contributed by atoms with Gasteiger partial charge in [-0.1, -0.05) is 0 Å². The van der Waals surface area contributed by atoms with Gasteiger partial charge in [-0.2, -0.15) is 0 Å². The van der Waals surface area contributed by atoms with Crippen LogP contribution in [0.2, 0.25) is 0 Å². The zero-order valence-electron chi connectivity index (χ0n) is 21.1. The van der Waals surface area contributed by atoms with Crippen molar-refractivity contribution in [2.24, 2.45) is 7.05 Å². The topological polar surface area (TPSA) is 115 Å². The van der Waals surface area contributed by atoms with Gasteiger partial charge in [0.15, 0.2) is 11.4 Å². The Bertz CT molecular complexity index is 1630. The lowest BCUT2D eigenvalue weighted by Crippen LogP contribution is -2.31. The highest BCUT2D eigenvalue weighted by Crippen LogP contribution is 2.33. The van der Waals surface area contributed by atoms with Gasteiger partial charge in [0.05, 0.1) is 43.8 Å². The summed E-state index contributed by atoms with van der Waals surface area (Å²) in [4.78, 5) is 22.5. The second-order valence-corrected chi connectivity index (χ2v) is 10.6. The molecule has 10 nitrogen and oxygen atoms in total. The van der Waals surface area contributed by atoms with Crippen molar-refractivity contribution in [1.82, 2.24) is 19.1 Å². The minimum atomic E-state index is -3.57. The Kier molecular flexibility index (Phi) is 7.21. The van der Waals surface area contributed by atoms with E-state index in [0.717, 1.165) is 6.26 Å². The van der Waals surface area contributed by atoms with Crippen LogP contribution in [0.4, 0.5) is 4.39 Å². The molecule has 0 aliphatic heterocycles. The first-order chi connectivity index (χ1) is 17.6. The van der Waals surface area contributed by atoms with Gasteiger partial charge in [-0.25, -0.2) is 27.6 Å². The molecule has 4 aromatic rings. The fourth-order valence-electron chi connectivity index (χ4n) is 4.17. The Labute approximate surface area is 213 Å². The molecule has 0 N–H and O–H groups in total. The third-order valence-electron chi connectivity index (χ3n) is 5.86. The molecule has 0 aliphatic carbocycles. The van der Waals surface area contributed by atoms with Gasteiger partial charge in [0, 0.05) is 30.6 Å². The predicted octanol–water partition coefficient (Wildman–Crippen LogP) is 2.99. The molecule has 0 radical (unpaired) electrons. The van der Waals surface area contributed by atoms with Gasteiger partial charge >= 0.3 is 5.69 Å². The number of nitrogens with zero attached hydrogens (tertiary/aromatic N) is 4. The van der Waals surface area contributed by atoms with Crippen LogP contribution in [0.15, 0.2) is 47.4 Å². The first-order valence-corrected chi connectivity index (χ1v) is 13.4. The number of hydrogen-bond acceptors (Lipinski definition) is 8. The number of rotatable bonds is 9. The highest BCUT2D eigenvalue weighted by atomic mass is 32.2. The zero-order chi connectivity index (χ0) is 26.9. The van der Waals surface area contributed by atoms with E-state index in [9.17, 15) is 17.6 Å². The van der Waals surface area contributed by atoms with Gasteiger partial charge in [0.25, 0.3) is 5.88 Å². The molecule has 12 heteroatoms. The van der Waals surface area contributed by atoms with E-state index in [4.69, 9.17) is 14.2 Å². The number of fused-ring (bicyclic) bond motifs is 1. The zero-order valence-corrected chi connectivity index (χ0v) is 21.9. The van der Waals surface area contributed by atoms with Crippen LogP contribution < -0.4 is 19.9 Å². The molecule has 0 fully saturated rings. The number of halogens is 1. The van der Waals surface area contributed by atoms with E-state index in [-0.39, 0.29) is 11.5 Å². The van der Waals surface area contributed by atoms with Crippen LogP contribution in [0.1, 0.15) is 18.7 Å². The van der Waals surface area contributed by atoms with E-state index in [1.165, 1.54) is 47.7 Å². The minimum Gasteiger partial charge on any atom is -0.496 e. The molecule has 1 unspecified atom stereocenters. The van der Waals surface area contributed by atoms with Crippen molar-refractivity contribution in [1.29, 1.82) is 0 Å². The summed E-state index contributed by atoms with van der Waals surface area (Å²) >= 11 is 0. The first kappa shape index (κ1) is 26.1. The Balaban J connectivity index is 1.94. The molecule has 0 spiro atoms. The van der Waals surface area contributed by atoms with Gasteiger partial charge in [0.2, 0.25) is 0 Å². The maximum atomic E-state index is 14.0. The molecule has 0 aliphatic rings. The molecule has 37 heavy (non-hydrogen) atoms. The largest absolute Gasteiger partial charge is 0.496 e. The Morgan fingerprint density at radius 1 is 1.08 bits per heavy atom. The molecule has 4 rings (SSSR count). The molecular weight excluding hydrogens is 503 g/mol. The molecule has 3 heterocycles. The van der Waals surface area contributed by atoms with Crippen molar-refractivity contribution in [3.8, 4) is 28.5 Å². The second kappa shape index (κ2) is 10.2. The van der Waals surface area contributed by atoms with Crippen molar-refractivity contribution in [3.63, 3.8) is 0 Å². The minimum absolute atomic E-state index is 0.183. The average molecular weight is 531 g/mol. The van der Waals surface area contributed by atoms with E-state index >= 15 is 0 Å². The Morgan fingerprint density at radius 3 is 2.43 bits per heavy atom. The molecular formula is C25H27FN4O6S. The second-order valence-electron chi connectivity index (χ2n) is 8.41. The molecule has 196 valence electrons. The molecule has 1 aromatic carbocycles. The number of ether oxygens (including phenoxy) is 3. The highest BCUT2D eigenvalue weighted by Gasteiger charge is 2.28. The smallest absolute Gasteiger partial charge is 0.330 e. The van der Waals surface area contributed by atoms with Crippen LogP contribution in [-0.2, 0) is 16.9 Å². The summed E-state index contributed by atoms with van der Waals surface area (Å²) in [7, 11) is 0.932. The number of benzene rings is 1. The van der Waals surface area contributed by atoms with Crippen molar-refractivity contribution in [3.05, 3.63) is 64.6 Å². The fraction of sp³-hybridized carbons (Fsp3) is 0.320. The van der Waals surface area contributed by atoms with Crippen LogP contribution >= 0.6 is 0 Å². The maximum absolute atomic E-state index is 14.0. The number of methoxy groups -OCH3 is 2. The standard InChI is InChI=1S/C25H27FN4O6S/c1-6-36-24-22(35-4)10-8-18(28-24)20(14-37(5,32)33)30-23-19(29(2)25(30)31)11-15(13-27-23)17-12-16(26)7-9-21(17)34-3/h7-13,20H,6,14H2,1-5H3. The lowest BCUT2D eigenvalue weighted by molar-refractivity contribution is 0.296. The van der Waals surface area contributed by atoms with Crippen molar-refractivity contribution >= 4 is 21.0 Å². The fourth-order valence-corrected chi connectivity index (χ4v) is 5.06. The first-order valence-electron chi connectivity index (χ1n) is 11.3. The molecule has 0 bridgehead atoms. The number of sulfone groups is 1. The number of aromatic nitrogens is 4. The summed E-state index contributed by atoms with van der Waals surface area (Å²) < 4.78 is 57.8. The predicted molar refractivity (Wildman–Crippen MR) is 137 cm³/mol. The lowest BCUT2D eigenvalue weighted by Gasteiger charge is -2.19. The van der Waals surface area contributed by atoms with Gasteiger partial charge in [-0.3, -0.25) is 9.13 Å². The van der Waals surface area contributed by atoms with Crippen molar-refractivity contribution in [2.45, 2.75) is 13.0 Å². The number of imidazole rings is 1. The molecule has 0 saturated heterocycles. The van der Waals surface area contributed by atoms with E-state index in [2.05, 4.69) is 9.97 Å². The van der Waals surface area contributed by atoms with Gasteiger partial charge < -0.3 is 14.2 Å². The normalized spacial score (nSPS) is 12.5. The summed E-state index contributed by atoms with van der Waals surface area (Å²) in [5.74, 6) is 0.139. The summed E-state index contributed by atoms with van der Waals surface area (Å²) in [6.07, 6.45) is 2.57. The Hall–Kier alpha value is -3.93. The Morgan fingerprint density at radius 2 is 1.78 bits per heavy atom. The third kappa shape index (κ3) is 5.15. The summed E-state index contributed by atoms with van der Waals surface area (Å²) in [5, 5.41) is 0. The van der Waals surface area contributed by atoms with E-state index < -0.39 is 33.1 Å². The third-order valence-corrected chi connectivity index (χ3v) is 6.79. The van der Waals surface area contributed by atoms with Crippen LogP contribution in [0, 0.1) is 5.82 Å². The highest BCUT2D eigenvalue weighted by molar-refractivity contribution is 7.90. The van der Waals surface area contributed by atoms with Gasteiger partial charge in [0.1, 0.15) is 21.4 Å². The molecule has 1 atom stereocenters. The van der Waals surface area contributed by atoms with Crippen molar-refractivity contribution in [2.75, 3.05) is 32.8 Å². The van der Waals surface area contributed by atoms with Gasteiger partial charge in [-0.05, 0) is 43.3 Å². The molecule has 3 aromatic heterocycles. The summed E-state index contributed by atoms with van der Waals surface area (Å²) in [5.41, 5.74) is 1.46. The number of pyridine rings is 2. The lowest BCUT2D eigenvalue weighted by atomic mass is 10.1.